The van der Waals surface area contributed by atoms with Crippen molar-refractivity contribution in [2.24, 2.45) is 5.41 Å². The van der Waals surface area contributed by atoms with Crippen LogP contribution in [0, 0.1) is 12.3 Å². The van der Waals surface area contributed by atoms with Crippen LogP contribution in [0.5, 0.6) is 5.75 Å². The lowest BCUT2D eigenvalue weighted by molar-refractivity contribution is -0.154. The van der Waals surface area contributed by atoms with Crippen molar-refractivity contribution in [1.29, 1.82) is 0 Å². The van der Waals surface area contributed by atoms with Crippen molar-refractivity contribution in [2.75, 3.05) is 19.6 Å². The number of benzene rings is 1. The second kappa shape index (κ2) is 7.21. The highest BCUT2D eigenvalue weighted by molar-refractivity contribution is 5.94. The number of amides is 2. The minimum atomic E-state index is -0.990. The Morgan fingerprint density at radius 1 is 1.19 bits per heavy atom. The Labute approximate surface area is 158 Å². The third-order valence-corrected chi connectivity index (χ3v) is 6.08. The lowest BCUT2D eigenvalue weighted by Crippen LogP contribution is -2.55. The van der Waals surface area contributed by atoms with E-state index >= 15 is 0 Å². The largest absolute Gasteiger partial charge is 0.508 e. The molecule has 0 saturated carbocycles. The van der Waals surface area contributed by atoms with Gasteiger partial charge in [-0.1, -0.05) is 0 Å². The van der Waals surface area contributed by atoms with E-state index in [4.69, 9.17) is 0 Å². The molecule has 27 heavy (non-hydrogen) atoms. The van der Waals surface area contributed by atoms with Crippen LogP contribution in [0.2, 0.25) is 0 Å². The smallest absolute Gasteiger partial charge is 0.326 e. The van der Waals surface area contributed by atoms with E-state index in [9.17, 15) is 24.6 Å². The summed E-state index contributed by atoms with van der Waals surface area (Å²) in [6, 6.07) is 4.03. The molecule has 7 heteroatoms. The van der Waals surface area contributed by atoms with Crippen LogP contribution in [-0.4, -0.2) is 63.5 Å². The molecule has 1 spiro atoms. The molecule has 0 aromatic heterocycles. The SMILES string of the molecule is Cc1cc(C(=O)N2CCC3(CCC(=O)N([C@@H](C)C(=O)O)C3)CC2)ccc1O. The molecular formula is C20H26N2O5. The van der Waals surface area contributed by atoms with Crippen molar-refractivity contribution in [3.63, 3.8) is 0 Å². The standard InChI is InChI=1S/C20H26N2O5/c1-13-11-15(3-4-16(13)23)18(25)21-9-7-20(8-10-21)6-5-17(24)22(12-20)14(2)19(26)27/h3-4,11,14,23H,5-10,12H2,1-2H3,(H,26,27)/t14-/m0/s1. The number of phenolic OH excluding ortho intramolecular Hbond substituents is 1. The van der Waals surface area contributed by atoms with Gasteiger partial charge in [-0.25, -0.2) is 4.79 Å². The summed E-state index contributed by atoms with van der Waals surface area (Å²) < 4.78 is 0. The van der Waals surface area contributed by atoms with E-state index in [2.05, 4.69) is 0 Å². The molecule has 2 N–H and O–H groups in total. The summed E-state index contributed by atoms with van der Waals surface area (Å²) in [7, 11) is 0. The first-order valence-corrected chi connectivity index (χ1v) is 9.34. The van der Waals surface area contributed by atoms with E-state index in [1.165, 1.54) is 11.0 Å². The Morgan fingerprint density at radius 3 is 2.44 bits per heavy atom. The van der Waals surface area contributed by atoms with Crippen LogP contribution in [-0.2, 0) is 9.59 Å². The molecule has 2 amide bonds. The number of piperidine rings is 2. The molecular weight excluding hydrogens is 348 g/mol. The molecule has 7 nitrogen and oxygen atoms in total. The fraction of sp³-hybridized carbons (Fsp3) is 0.550. The van der Waals surface area contributed by atoms with Crippen LogP contribution in [0.1, 0.15) is 48.5 Å². The van der Waals surface area contributed by atoms with Crippen LogP contribution < -0.4 is 0 Å². The van der Waals surface area contributed by atoms with Crippen LogP contribution >= 0.6 is 0 Å². The molecule has 2 aliphatic rings. The molecule has 2 heterocycles. The molecule has 1 aromatic rings. The van der Waals surface area contributed by atoms with Crippen molar-refractivity contribution in [3.05, 3.63) is 29.3 Å². The van der Waals surface area contributed by atoms with Crippen molar-refractivity contribution < 1.29 is 24.6 Å². The molecule has 3 rings (SSSR count). The Bertz CT molecular complexity index is 768. The van der Waals surface area contributed by atoms with Gasteiger partial charge in [0.2, 0.25) is 5.91 Å². The zero-order valence-electron chi connectivity index (χ0n) is 15.8. The topological polar surface area (TPSA) is 98.2 Å². The molecule has 0 unspecified atom stereocenters. The molecule has 0 radical (unpaired) electrons. The van der Waals surface area contributed by atoms with E-state index < -0.39 is 12.0 Å². The normalized spacial score (nSPS) is 20.6. The van der Waals surface area contributed by atoms with E-state index in [0.29, 0.717) is 37.2 Å². The minimum Gasteiger partial charge on any atom is -0.508 e. The van der Waals surface area contributed by atoms with Gasteiger partial charge in [0.25, 0.3) is 5.91 Å². The number of carbonyl (C=O) groups excluding carboxylic acids is 2. The van der Waals surface area contributed by atoms with Crippen LogP contribution in [0.15, 0.2) is 18.2 Å². The van der Waals surface area contributed by atoms with Gasteiger partial charge < -0.3 is 20.0 Å². The van der Waals surface area contributed by atoms with E-state index in [0.717, 1.165) is 19.3 Å². The van der Waals surface area contributed by atoms with Gasteiger partial charge in [-0.15, -0.1) is 0 Å². The van der Waals surface area contributed by atoms with Crippen molar-refractivity contribution in [3.8, 4) is 5.75 Å². The monoisotopic (exact) mass is 374 g/mol. The van der Waals surface area contributed by atoms with Gasteiger partial charge in [0.1, 0.15) is 11.8 Å². The van der Waals surface area contributed by atoms with Gasteiger partial charge in [-0.3, -0.25) is 9.59 Å². The van der Waals surface area contributed by atoms with Gasteiger partial charge >= 0.3 is 5.97 Å². The summed E-state index contributed by atoms with van der Waals surface area (Å²) in [5, 5.41) is 18.9. The third kappa shape index (κ3) is 3.77. The maximum atomic E-state index is 12.8. The molecule has 2 fully saturated rings. The van der Waals surface area contributed by atoms with Crippen molar-refractivity contribution >= 4 is 17.8 Å². The highest BCUT2D eigenvalue weighted by Crippen LogP contribution is 2.41. The summed E-state index contributed by atoms with van der Waals surface area (Å²) in [6.07, 6.45) is 2.62. The van der Waals surface area contributed by atoms with Crippen LogP contribution in [0.3, 0.4) is 0 Å². The van der Waals surface area contributed by atoms with Gasteiger partial charge in [0, 0.05) is 31.6 Å². The Morgan fingerprint density at radius 2 is 1.85 bits per heavy atom. The summed E-state index contributed by atoms with van der Waals surface area (Å²) in [5.41, 5.74) is 1.11. The van der Waals surface area contributed by atoms with Gasteiger partial charge in [-0.2, -0.15) is 0 Å². The summed E-state index contributed by atoms with van der Waals surface area (Å²) in [4.78, 5) is 39.5. The number of carboxylic acids is 1. The second-order valence-electron chi connectivity index (χ2n) is 7.83. The van der Waals surface area contributed by atoms with Crippen LogP contribution in [0.25, 0.3) is 0 Å². The number of aryl methyl sites for hydroxylation is 1. The van der Waals surface area contributed by atoms with Crippen LogP contribution in [0.4, 0.5) is 0 Å². The van der Waals surface area contributed by atoms with E-state index in [-0.39, 0.29) is 23.0 Å². The number of hydrogen-bond donors (Lipinski definition) is 2. The average Bonchev–Trinajstić information content (AvgIpc) is 2.65. The van der Waals surface area contributed by atoms with E-state index in [1.807, 2.05) is 0 Å². The number of nitrogens with zero attached hydrogens (tertiary/aromatic N) is 2. The first-order chi connectivity index (χ1) is 12.7. The maximum absolute atomic E-state index is 12.8. The fourth-order valence-corrected chi connectivity index (χ4v) is 4.09. The average molecular weight is 374 g/mol. The third-order valence-electron chi connectivity index (χ3n) is 6.08. The number of carboxylic acid groups (broad SMARTS) is 1. The molecule has 0 bridgehead atoms. The number of phenols is 1. The second-order valence-corrected chi connectivity index (χ2v) is 7.83. The van der Waals surface area contributed by atoms with E-state index in [1.54, 1.807) is 30.9 Å². The molecule has 1 atom stereocenters. The lowest BCUT2D eigenvalue weighted by Gasteiger charge is -2.48. The maximum Gasteiger partial charge on any atom is 0.326 e. The number of likely N-dealkylation sites (tertiary alicyclic amines) is 2. The molecule has 2 saturated heterocycles. The van der Waals surface area contributed by atoms with Gasteiger partial charge in [0.05, 0.1) is 0 Å². The first kappa shape index (κ1) is 19.2. The Kier molecular flexibility index (Phi) is 5.13. The zero-order valence-corrected chi connectivity index (χ0v) is 15.8. The van der Waals surface area contributed by atoms with Gasteiger partial charge in [-0.05, 0) is 62.3 Å². The molecule has 146 valence electrons. The summed E-state index contributed by atoms with van der Waals surface area (Å²) in [5.74, 6) is -0.983. The highest BCUT2D eigenvalue weighted by atomic mass is 16.4. The Balaban J connectivity index is 1.67. The van der Waals surface area contributed by atoms with Crippen molar-refractivity contribution in [2.45, 2.75) is 45.6 Å². The number of aliphatic carboxylic acids is 1. The first-order valence-electron chi connectivity index (χ1n) is 9.34. The molecule has 1 aromatic carbocycles. The number of aromatic hydroxyl groups is 1. The molecule has 2 aliphatic heterocycles. The summed E-state index contributed by atoms with van der Waals surface area (Å²) >= 11 is 0. The molecule has 0 aliphatic carbocycles. The van der Waals surface area contributed by atoms with Gasteiger partial charge in [0.15, 0.2) is 0 Å². The predicted molar refractivity (Wildman–Crippen MR) is 98.5 cm³/mol. The number of carbonyl (C=O) groups is 3. The lowest BCUT2D eigenvalue weighted by atomic mass is 9.72. The Hall–Kier alpha value is -2.57. The quantitative estimate of drug-likeness (QED) is 0.843. The fourth-order valence-electron chi connectivity index (χ4n) is 4.09. The van der Waals surface area contributed by atoms with Crippen molar-refractivity contribution in [1.82, 2.24) is 9.80 Å². The highest BCUT2D eigenvalue weighted by Gasteiger charge is 2.43. The number of rotatable bonds is 3. The zero-order chi connectivity index (χ0) is 19.8. The minimum absolute atomic E-state index is 0.0596. The predicted octanol–water partition coefficient (Wildman–Crippen LogP) is 2.02. The summed E-state index contributed by atoms with van der Waals surface area (Å²) in [6.45, 7) is 4.92. The number of hydrogen-bond acceptors (Lipinski definition) is 4.